The summed E-state index contributed by atoms with van der Waals surface area (Å²) in [6.45, 7) is 8.29. The fourth-order valence-electron chi connectivity index (χ4n) is 5.01. The van der Waals surface area contributed by atoms with Crippen LogP contribution in [0.3, 0.4) is 0 Å². The zero-order chi connectivity index (χ0) is 26.2. The van der Waals surface area contributed by atoms with Gasteiger partial charge in [0.1, 0.15) is 12.1 Å². The normalized spacial score (nSPS) is 24.2. The van der Waals surface area contributed by atoms with Crippen LogP contribution in [0, 0.1) is 23.2 Å². The minimum Gasteiger partial charge on any atom is -0.352 e. The number of hydrogen-bond donors (Lipinski definition) is 4. The first-order chi connectivity index (χ1) is 17.0. The summed E-state index contributed by atoms with van der Waals surface area (Å²) in [7, 11) is 0. The van der Waals surface area contributed by atoms with Crippen LogP contribution in [0.15, 0.2) is 30.3 Å². The number of nitrogens with one attached hydrogen (secondary N) is 3. The minimum absolute atomic E-state index is 0.0530. The number of hydrazine groups is 1. The second kappa shape index (κ2) is 9.99. The first kappa shape index (κ1) is 25.8. The molecule has 196 valence electrons. The van der Waals surface area contributed by atoms with Gasteiger partial charge in [-0.1, -0.05) is 51.1 Å². The Hall–Kier alpha value is -3.30. The molecule has 5 N–H and O–H groups in total. The quantitative estimate of drug-likeness (QED) is 0.428. The highest BCUT2D eigenvalue weighted by Crippen LogP contribution is 2.50. The highest BCUT2D eigenvalue weighted by Gasteiger charge is 2.58. The minimum atomic E-state index is -0.861. The fraction of sp³-hybridized carbons (Fsp3) is 0.615. The van der Waals surface area contributed by atoms with Gasteiger partial charge >= 0.3 is 12.1 Å². The molecule has 1 saturated heterocycles. The van der Waals surface area contributed by atoms with Crippen molar-refractivity contribution in [2.24, 2.45) is 28.9 Å². The number of piperidine rings is 1. The van der Waals surface area contributed by atoms with E-state index in [0.717, 1.165) is 24.8 Å². The molecule has 0 bridgehead atoms. The van der Waals surface area contributed by atoms with Crippen LogP contribution in [0.5, 0.6) is 0 Å². The molecule has 1 aromatic carbocycles. The summed E-state index contributed by atoms with van der Waals surface area (Å²) < 4.78 is 0. The van der Waals surface area contributed by atoms with Crippen LogP contribution in [0.4, 0.5) is 9.59 Å². The maximum atomic E-state index is 13.5. The van der Waals surface area contributed by atoms with Crippen molar-refractivity contribution in [1.82, 2.24) is 26.0 Å². The highest BCUT2D eigenvalue weighted by molar-refractivity contribution is 5.94. The molecule has 3 fully saturated rings. The molecule has 0 spiro atoms. The number of rotatable bonds is 7. The van der Waals surface area contributed by atoms with Gasteiger partial charge in [-0.2, -0.15) is 0 Å². The number of nitrogens with two attached hydrogens (primary N) is 1. The van der Waals surface area contributed by atoms with E-state index >= 15 is 0 Å². The van der Waals surface area contributed by atoms with Gasteiger partial charge in [0, 0.05) is 13.1 Å². The largest absolute Gasteiger partial charge is 0.352 e. The monoisotopic (exact) mass is 498 g/mol. The lowest BCUT2D eigenvalue weighted by Crippen LogP contribution is -2.61. The number of carbonyl (C=O) groups excluding carboxylic acids is 4. The molecule has 0 radical (unpaired) electrons. The topological polar surface area (TPSA) is 137 Å². The van der Waals surface area contributed by atoms with Crippen LogP contribution in [0.2, 0.25) is 0 Å². The van der Waals surface area contributed by atoms with Crippen molar-refractivity contribution < 1.29 is 19.2 Å². The zero-order valence-corrected chi connectivity index (χ0v) is 21.5. The summed E-state index contributed by atoms with van der Waals surface area (Å²) in [6.07, 6.45) is 2.89. The van der Waals surface area contributed by atoms with Crippen molar-refractivity contribution in [2.75, 3.05) is 13.1 Å². The van der Waals surface area contributed by atoms with E-state index in [0.29, 0.717) is 19.0 Å². The molecule has 36 heavy (non-hydrogen) atoms. The predicted molar refractivity (Wildman–Crippen MR) is 134 cm³/mol. The lowest BCUT2D eigenvalue weighted by Gasteiger charge is -2.36. The maximum Gasteiger partial charge on any atom is 0.336 e. The number of urea groups is 2. The third-order valence-electron chi connectivity index (χ3n) is 7.37. The van der Waals surface area contributed by atoms with Crippen LogP contribution < -0.4 is 21.8 Å². The third kappa shape index (κ3) is 5.91. The lowest BCUT2D eigenvalue weighted by atomic mass is 9.85. The Labute approximate surface area is 212 Å². The van der Waals surface area contributed by atoms with E-state index in [1.54, 1.807) is 4.90 Å². The number of hydrogen-bond acceptors (Lipinski definition) is 4. The molecule has 2 saturated carbocycles. The van der Waals surface area contributed by atoms with Crippen LogP contribution in [-0.2, 0) is 9.59 Å². The number of benzene rings is 1. The Morgan fingerprint density at radius 1 is 1.11 bits per heavy atom. The van der Waals surface area contributed by atoms with Gasteiger partial charge in [-0.25, -0.2) is 14.6 Å². The summed E-state index contributed by atoms with van der Waals surface area (Å²) in [5.41, 5.74) is 8.54. The van der Waals surface area contributed by atoms with Gasteiger partial charge in [-0.3, -0.25) is 15.0 Å². The molecule has 4 rings (SSSR count). The average molecular weight is 499 g/mol. The molecule has 1 aliphatic heterocycles. The number of likely N-dealkylation sites (tertiary alicyclic amines) is 1. The molecule has 10 nitrogen and oxygen atoms in total. The van der Waals surface area contributed by atoms with Crippen LogP contribution >= 0.6 is 0 Å². The second-order valence-electron chi connectivity index (χ2n) is 11.5. The summed E-state index contributed by atoms with van der Waals surface area (Å²) in [5.74, 6) is -0.0455. The van der Waals surface area contributed by atoms with Crippen LogP contribution in [0.1, 0.15) is 58.6 Å². The van der Waals surface area contributed by atoms with E-state index in [4.69, 9.17) is 5.73 Å². The van der Waals surface area contributed by atoms with E-state index in [9.17, 15) is 19.2 Å². The van der Waals surface area contributed by atoms with Crippen molar-refractivity contribution in [3.05, 3.63) is 35.9 Å². The summed E-state index contributed by atoms with van der Waals surface area (Å²) >= 11 is 0. The van der Waals surface area contributed by atoms with Gasteiger partial charge in [-0.05, 0) is 54.9 Å². The van der Waals surface area contributed by atoms with E-state index in [1.165, 1.54) is 5.01 Å². The summed E-state index contributed by atoms with van der Waals surface area (Å²) in [6, 6.07) is 6.68. The molecule has 2 aliphatic carbocycles. The van der Waals surface area contributed by atoms with E-state index in [1.807, 2.05) is 58.0 Å². The number of fused-ring (bicyclic) bond motifs is 1. The molecule has 3 aliphatic rings. The Balaban J connectivity index is 1.47. The lowest BCUT2D eigenvalue weighted by molar-refractivity contribution is -0.144. The van der Waals surface area contributed by atoms with Crippen LogP contribution in [0.25, 0.3) is 0 Å². The molecule has 1 unspecified atom stereocenters. The maximum absolute atomic E-state index is 13.5. The smallest absolute Gasteiger partial charge is 0.336 e. The van der Waals surface area contributed by atoms with E-state index in [2.05, 4.69) is 16.1 Å². The SMILES string of the molecule is C[C@H](NC(=O)N(CC1CC1)NC(=O)[C@@H]1[C@H]2CC2CN1C(=O)[C@@H](NC(N)=O)C(C)(C)C)c1ccccc1. The number of amides is 6. The Bertz CT molecular complexity index is 1010. The van der Waals surface area contributed by atoms with Crippen molar-refractivity contribution in [1.29, 1.82) is 0 Å². The summed E-state index contributed by atoms with van der Waals surface area (Å²) in [4.78, 5) is 53.3. The zero-order valence-electron chi connectivity index (χ0n) is 21.5. The number of carbonyl (C=O) groups is 4. The van der Waals surface area contributed by atoms with Crippen molar-refractivity contribution in [3.63, 3.8) is 0 Å². The molecule has 1 aromatic rings. The molecule has 5 atom stereocenters. The van der Waals surface area contributed by atoms with Gasteiger partial charge in [0.2, 0.25) is 5.91 Å². The van der Waals surface area contributed by atoms with Gasteiger partial charge in [0.05, 0.1) is 6.04 Å². The molecular weight excluding hydrogens is 460 g/mol. The Kier molecular flexibility index (Phi) is 7.15. The summed E-state index contributed by atoms with van der Waals surface area (Å²) in [5, 5.41) is 6.89. The molecule has 10 heteroatoms. The van der Waals surface area contributed by atoms with Crippen molar-refractivity contribution in [2.45, 2.75) is 65.1 Å². The molecule has 1 heterocycles. The van der Waals surface area contributed by atoms with Crippen LogP contribution in [-0.4, -0.2) is 59.0 Å². The molecular formula is C26H38N6O4. The standard InChI is InChI=1S/C26H38N6O4/c1-15(17-8-6-5-7-9-17)28-25(36)32(13-16-10-11-16)30-22(33)20-19-12-18(19)14-31(20)23(34)21(26(2,3)4)29-24(27)35/h5-9,15-16,18-21H,10-14H2,1-4H3,(H,28,36)(H,30,33)(H3,27,29,35)/t15-,18?,19-,20-,21+/m0/s1. The Morgan fingerprint density at radius 2 is 1.78 bits per heavy atom. The third-order valence-corrected chi connectivity index (χ3v) is 7.37. The van der Waals surface area contributed by atoms with E-state index < -0.39 is 23.5 Å². The number of primary amides is 1. The van der Waals surface area contributed by atoms with Gasteiger partial charge < -0.3 is 21.3 Å². The van der Waals surface area contributed by atoms with Gasteiger partial charge in [-0.15, -0.1) is 0 Å². The molecule has 0 aromatic heterocycles. The number of nitrogens with zero attached hydrogens (tertiary/aromatic N) is 2. The molecule has 6 amide bonds. The predicted octanol–water partition coefficient (Wildman–Crippen LogP) is 2.13. The van der Waals surface area contributed by atoms with Crippen molar-refractivity contribution >= 4 is 23.9 Å². The van der Waals surface area contributed by atoms with Gasteiger partial charge in [0.15, 0.2) is 0 Å². The first-order valence-electron chi connectivity index (χ1n) is 12.8. The average Bonchev–Trinajstić information content (AvgIpc) is 3.74. The first-order valence-corrected chi connectivity index (χ1v) is 12.8. The second-order valence-corrected chi connectivity index (χ2v) is 11.5. The van der Waals surface area contributed by atoms with Crippen molar-refractivity contribution in [3.8, 4) is 0 Å². The van der Waals surface area contributed by atoms with Gasteiger partial charge in [0.25, 0.3) is 5.91 Å². The highest BCUT2D eigenvalue weighted by atomic mass is 16.2. The van der Waals surface area contributed by atoms with E-state index in [-0.39, 0.29) is 35.7 Å². The fourth-order valence-corrected chi connectivity index (χ4v) is 5.01. The Morgan fingerprint density at radius 3 is 2.36 bits per heavy atom.